The van der Waals surface area contributed by atoms with Gasteiger partial charge in [-0.2, -0.15) is 0 Å². The molecule has 0 saturated carbocycles. The van der Waals surface area contributed by atoms with E-state index < -0.39 is 0 Å². The molecule has 0 unspecified atom stereocenters. The first kappa shape index (κ1) is 21.0. The minimum Gasteiger partial charge on any atom is -0.496 e. The Labute approximate surface area is 164 Å². The van der Waals surface area contributed by atoms with E-state index in [2.05, 4.69) is 70.3 Å². The molecular weight excluding hydrogens is 334 g/mol. The Kier molecular flexibility index (Phi) is 7.06. The summed E-state index contributed by atoms with van der Waals surface area (Å²) in [5.74, 6) is 1.37. The van der Waals surface area contributed by atoms with Gasteiger partial charge in [-0.05, 0) is 85.5 Å². The first-order valence-corrected chi connectivity index (χ1v) is 9.76. The van der Waals surface area contributed by atoms with Gasteiger partial charge in [0.15, 0.2) is 0 Å². The van der Waals surface area contributed by atoms with Gasteiger partial charge in [0.25, 0.3) is 0 Å². The average Bonchev–Trinajstić information content (AvgIpc) is 2.61. The summed E-state index contributed by atoms with van der Waals surface area (Å²) in [7, 11) is 1.71. The van der Waals surface area contributed by atoms with Gasteiger partial charge >= 0.3 is 0 Å². The summed E-state index contributed by atoms with van der Waals surface area (Å²) in [4.78, 5) is 12.5. The molecule has 27 heavy (non-hydrogen) atoms. The fraction of sp³-hybridized carbons (Fsp3) is 0.458. The number of hydrogen-bond acceptors (Lipinski definition) is 2. The molecule has 1 amide bonds. The van der Waals surface area contributed by atoms with Crippen molar-refractivity contribution in [3.8, 4) is 5.75 Å². The molecule has 0 heterocycles. The molecule has 146 valence electrons. The molecule has 2 aromatic carbocycles. The first-order chi connectivity index (χ1) is 12.7. The molecule has 3 nitrogen and oxygen atoms in total. The van der Waals surface area contributed by atoms with Crippen LogP contribution in [0.25, 0.3) is 0 Å². The number of nitrogens with one attached hydrogen (secondary N) is 1. The zero-order chi connectivity index (χ0) is 20.1. The van der Waals surface area contributed by atoms with Crippen LogP contribution in [0.3, 0.4) is 0 Å². The molecule has 0 aromatic heterocycles. The van der Waals surface area contributed by atoms with Crippen LogP contribution in [-0.2, 0) is 11.2 Å². The van der Waals surface area contributed by atoms with Crippen molar-refractivity contribution in [3.05, 3.63) is 63.7 Å². The predicted molar refractivity (Wildman–Crippen MR) is 113 cm³/mol. The van der Waals surface area contributed by atoms with Gasteiger partial charge in [-0.3, -0.25) is 4.79 Å². The molecule has 0 aliphatic carbocycles. The number of methoxy groups -OCH3 is 1. The SMILES string of the molecule is COc1cc(C)c([C@@H](C)NC(=O)CCc2ccc(C)c(C)c2)cc1C(C)C. The summed E-state index contributed by atoms with van der Waals surface area (Å²) in [5.41, 5.74) is 7.24. The van der Waals surface area contributed by atoms with E-state index in [0.717, 1.165) is 23.3 Å². The number of hydrogen-bond donors (Lipinski definition) is 1. The average molecular weight is 368 g/mol. The van der Waals surface area contributed by atoms with E-state index in [0.29, 0.717) is 12.3 Å². The molecular formula is C24H33NO2. The van der Waals surface area contributed by atoms with Crippen molar-refractivity contribution in [2.24, 2.45) is 0 Å². The van der Waals surface area contributed by atoms with Gasteiger partial charge in [0.2, 0.25) is 5.91 Å². The van der Waals surface area contributed by atoms with Crippen LogP contribution < -0.4 is 10.1 Å². The molecule has 0 aliphatic heterocycles. The number of carbonyl (C=O) groups is 1. The van der Waals surface area contributed by atoms with E-state index in [1.54, 1.807) is 7.11 Å². The second-order valence-electron chi connectivity index (χ2n) is 7.81. The summed E-state index contributed by atoms with van der Waals surface area (Å²) < 4.78 is 5.52. The van der Waals surface area contributed by atoms with Crippen LogP contribution in [0.5, 0.6) is 5.75 Å². The second kappa shape index (κ2) is 9.07. The topological polar surface area (TPSA) is 38.3 Å². The van der Waals surface area contributed by atoms with Crippen molar-refractivity contribution in [2.75, 3.05) is 7.11 Å². The lowest BCUT2D eigenvalue weighted by Gasteiger charge is -2.21. The van der Waals surface area contributed by atoms with Gasteiger partial charge in [0, 0.05) is 6.42 Å². The molecule has 2 aromatic rings. The Bertz CT molecular complexity index is 808. The van der Waals surface area contributed by atoms with Gasteiger partial charge in [-0.25, -0.2) is 0 Å². The maximum absolute atomic E-state index is 12.5. The Balaban J connectivity index is 2.05. The summed E-state index contributed by atoms with van der Waals surface area (Å²) in [6.07, 6.45) is 1.26. The summed E-state index contributed by atoms with van der Waals surface area (Å²) >= 11 is 0. The molecule has 1 atom stereocenters. The van der Waals surface area contributed by atoms with Crippen molar-refractivity contribution in [1.82, 2.24) is 5.32 Å². The molecule has 2 rings (SSSR count). The van der Waals surface area contributed by atoms with Gasteiger partial charge in [0.05, 0.1) is 13.2 Å². The van der Waals surface area contributed by atoms with E-state index in [1.165, 1.54) is 22.3 Å². The third-order valence-electron chi connectivity index (χ3n) is 5.30. The maximum atomic E-state index is 12.5. The quantitative estimate of drug-likeness (QED) is 0.696. The number of carbonyl (C=O) groups excluding carboxylic acids is 1. The van der Waals surface area contributed by atoms with Gasteiger partial charge < -0.3 is 10.1 Å². The van der Waals surface area contributed by atoms with Crippen LogP contribution in [0.4, 0.5) is 0 Å². The highest BCUT2D eigenvalue weighted by Gasteiger charge is 2.16. The number of aryl methyl sites for hydroxylation is 4. The molecule has 0 saturated heterocycles. The fourth-order valence-corrected chi connectivity index (χ4v) is 3.42. The Morgan fingerprint density at radius 2 is 1.67 bits per heavy atom. The van der Waals surface area contributed by atoms with Gasteiger partial charge in [-0.1, -0.05) is 32.0 Å². The van der Waals surface area contributed by atoms with E-state index in [1.807, 2.05) is 6.92 Å². The van der Waals surface area contributed by atoms with Crippen LogP contribution in [-0.4, -0.2) is 13.0 Å². The van der Waals surface area contributed by atoms with Crippen molar-refractivity contribution in [2.45, 2.75) is 66.3 Å². The highest BCUT2D eigenvalue weighted by atomic mass is 16.5. The molecule has 3 heteroatoms. The number of ether oxygens (including phenoxy) is 1. The van der Waals surface area contributed by atoms with Crippen molar-refractivity contribution in [3.63, 3.8) is 0 Å². The zero-order valence-electron chi connectivity index (χ0n) is 17.8. The highest BCUT2D eigenvalue weighted by molar-refractivity contribution is 5.76. The van der Waals surface area contributed by atoms with Crippen LogP contribution in [0.15, 0.2) is 30.3 Å². The lowest BCUT2D eigenvalue weighted by atomic mass is 9.93. The van der Waals surface area contributed by atoms with E-state index in [-0.39, 0.29) is 11.9 Å². The van der Waals surface area contributed by atoms with Crippen LogP contribution in [0, 0.1) is 20.8 Å². The lowest BCUT2D eigenvalue weighted by molar-refractivity contribution is -0.121. The van der Waals surface area contributed by atoms with Crippen molar-refractivity contribution in [1.29, 1.82) is 0 Å². The third kappa shape index (κ3) is 5.35. The molecule has 1 N–H and O–H groups in total. The van der Waals surface area contributed by atoms with Crippen LogP contribution >= 0.6 is 0 Å². The Morgan fingerprint density at radius 3 is 2.26 bits per heavy atom. The normalized spacial score (nSPS) is 12.1. The molecule has 0 spiro atoms. The monoisotopic (exact) mass is 367 g/mol. The molecule has 0 bridgehead atoms. The van der Waals surface area contributed by atoms with Crippen molar-refractivity contribution >= 4 is 5.91 Å². The van der Waals surface area contributed by atoms with Gasteiger partial charge in [-0.15, -0.1) is 0 Å². The van der Waals surface area contributed by atoms with E-state index in [4.69, 9.17) is 4.74 Å². The molecule has 0 aliphatic rings. The third-order valence-corrected chi connectivity index (χ3v) is 5.30. The van der Waals surface area contributed by atoms with Crippen LogP contribution in [0.1, 0.15) is 72.5 Å². The Hall–Kier alpha value is -2.29. The zero-order valence-corrected chi connectivity index (χ0v) is 17.8. The lowest BCUT2D eigenvalue weighted by Crippen LogP contribution is -2.27. The summed E-state index contributed by atoms with van der Waals surface area (Å²) in [6, 6.07) is 10.6. The van der Waals surface area contributed by atoms with Gasteiger partial charge in [0.1, 0.15) is 5.75 Å². The fourth-order valence-electron chi connectivity index (χ4n) is 3.42. The predicted octanol–water partition coefficient (Wildman–Crippen LogP) is 5.55. The molecule has 0 radical (unpaired) electrons. The number of benzene rings is 2. The van der Waals surface area contributed by atoms with E-state index in [9.17, 15) is 4.79 Å². The maximum Gasteiger partial charge on any atom is 0.220 e. The smallest absolute Gasteiger partial charge is 0.220 e. The number of amides is 1. The minimum atomic E-state index is -0.0272. The molecule has 0 fully saturated rings. The highest BCUT2D eigenvalue weighted by Crippen LogP contribution is 2.32. The standard InChI is InChI=1S/C24H33NO2/c1-15(2)21-14-22(18(5)13-23(21)27-7)19(6)25-24(26)11-10-20-9-8-16(3)17(4)12-20/h8-9,12-15,19H,10-11H2,1-7H3,(H,25,26)/t19-/m1/s1. The largest absolute Gasteiger partial charge is 0.496 e. The second-order valence-corrected chi connectivity index (χ2v) is 7.81. The Morgan fingerprint density at radius 1 is 0.963 bits per heavy atom. The van der Waals surface area contributed by atoms with Crippen LogP contribution in [0.2, 0.25) is 0 Å². The first-order valence-electron chi connectivity index (χ1n) is 9.76. The summed E-state index contributed by atoms with van der Waals surface area (Å²) in [6.45, 7) is 12.6. The summed E-state index contributed by atoms with van der Waals surface area (Å²) in [5, 5.41) is 3.16. The van der Waals surface area contributed by atoms with E-state index >= 15 is 0 Å². The van der Waals surface area contributed by atoms with Crippen molar-refractivity contribution < 1.29 is 9.53 Å². The number of rotatable bonds is 7. The minimum absolute atomic E-state index is 0.0272.